The van der Waals surface area contributed by atoms with E-state index in [1.54, 1.807) is 35.5 Å². The minimum absolute atomic E-state index is 0.254. The highest BCUT2D eigenvalue weighted by Crippen LogP contribution is 2.47. The van der Waals surface area contributed by atoms with Crippen molar-refractivity contribution in [2.24, 2.45) is 0 Å². The van der Waals surface area contributed by atoms with Crippen LogP contribution in [0.25, 0.3) is 20.5 Å². The first-order valence-corrected chi connectivity index (χ1v) is 14.5. The third-order valence-electron chi connectivity index (χ3n) is 6.70. The van der Waals surface area contributed by atoms with Crippen LogP contribution in [0, 0.1) is 5.82 Å². The second-order valence-corrected chi connectivity index (χ2v) is 11.9. The van der Waals surface area contributed by atoms with E-state index in [9.17, 15) is 9.18 Å². The van der Waals surface area contributed by atoms with E-state index < -0.39 is 5.60 Å². The summed E-state index contributed by atoms with van der Waals surface area (Å²) >= 11 is 1.58. The highest BCUT2D eigenvalue weighted by Gasteiger charge is 2.25. The van der Waals surface area contributed by atoms with E-state index in [1.807, 2.05) is 63.2 Å². The molecule has 1 aromatic heterocycles. The maximum atomic E-state index is 13.6. The van der Waals surface area contributed by atoms with Crippen molar-refractivity contribution in [1.82, 2.24) is 9.80 Å². The fourth-order valence-corrected chi connectivity index (χ4v) is 5.73. The average Bonchev–Trinajstić information content (AvgIpc) is 3.31. The Kier molecular flexibility index (Phi) is 8.65. The lowest BCUT2D eigenvalue weighted by atomic mass is 10.1. The number of halogens is 1. The molecule has 0 aliphatic carbocycles. The fraction of sp³-hybridized carbons (Fsp3) is 0.344. The summed E-state index contributed by atoms with van der Waals surface area (Å²) in [6.45, 7) is 9.80. The molecule has 1 amide bonds. The Morgan fingerprint density at radius 2 is 1.56 bits per heavy atom. The molecule has 4 aromatic rings. The molecular formula is C32H35FN2O5S. The van der Waals surface area contributed by atoms with Crippen LogP contribution in [-0.2, 0) is 4.74 Å². The first kappa shape index (κ1) is 28.7. The molecule has 0 saturated carbocycles. The van der Waals surface area contributed by atoms with Gasteiger partial charge in [-0.2, -0.15) is 0 Å². The van der Waals surface area contributed by atoms with Crippen LogP contribution in [-0.4, -0.2) is 67.9 Å². The van der Waals surface area contributed by atoms with Crippen molar-refractivity contribution in [2.45, 2.75) is 26.4 Å². The third-order valence-corrected chi connectivity index (χ3v) is 7.88. The lowest BCUT2D eigenvalue weighted by Crippen LogP contribution is -2.50. The number of methoxy groups -OCH3 is 1. The normalized spacial score (nSPS) is 14.2. The number of thiophene rings is 1. The standard InChI is InChI=1S/C32H35FN2O5S/c1-32(2,3)40-31(36)35-17-15-34(16-18-35)19-20-38-24-9-11-25(12-10-24)39-29-27-14-13-26(37-4)21-28(27)41-30(29)22-5-7-23(33)8-6-22/h5-14,21H,15-20H2,1-4H3. The Hall–Kier alpha value is -3.82. The Morgan fingerprint density at radius 1 is 0.902 bits per heavy atom. The third kappa shape index (κ3) is 7.28. The van der Waals surface area contributed by atoms with Crippen LogP contribution in [0.4, 0.5) is 9.18 Å². The fourth-order valence-electron chi connectivity index (χ4n) is 4.57. The molecule has 0 bridgehead atoms. The number of piperazine rings is 1. The van der Waals surface area contributed by atoms with Gasteiger partial charge in [0.15, 0.2) is 5.75 Å². The zero-order chi connectivity index (χ0) is 29.0. The number of ether oxygens (including phenoxy) is 4. The van der Waals surface area contributed by atoms with Gasteiger partial charge in [0, 0.05) is 42.8 Å². The second kappa shape index (κ2) is 12.4. The van der Waals surface area contributed by atoms with Crippen molar-refractivity contribution >= 4 is 27.5 Å². The van der Waals surface area contributed by atoms with Crippen molar-refractivity contribution in [3.63, 3.8) is 0 Å². The van der Waals surface area contributed by atoms with Crippen LogP contribution in [0.1, 0.15) is 20.8 Å². The van der Waals surface area contributed by atoms with Crippen LogP contribution < -0.4 is 14.2 Å². The zero-order valence-corrected chi connectivity index (χ0v) is 24.6. The number of carbonyl (C=O) groups is 1. The maximum absolute atomic E-state index is 13.6. The molecule has 7 nitrogen and oxygen atoms in total. The van der Waals surface area contributed by atoms with Gasteiger partial charge in [-0.1, -0.05) is 12.1 Å². The molecule has 2 heterocycles. The van der Waals surface area contributed by atoms with E-state index in [0.29, 0.717) is 25.4 Å². The molecule has 0 spiro atoms. The largest absolute Gasteiger partial charge is 0.497 e. The van der Waals surface area contributed by atoms with Crippen LogP contribution in [0.3, 0.4) is 0 Å². The molecule has 1 aliphatic rings. The summed E-state index contributed by atoms with van der Waals surface area (Å²) in [6, 6.07) is 19.9. The number of carbonyl (C=O) groups excluding carboxylic acids is 1. The number of rotatable bonds is 8. The molecule has 0 atom stereocenters. The van der Waals surface area contributed by atoms with Gasteiger partial charge in [0.25, 0.3) is 0 Å². The van der Waals surface area contributed by atoms with E-state index in [1.165, 1.54) is 12.1 Å². The van der Waals surface area contributed by atoms with Crippen molar-refractivity contribution in [3.8, 4) is 33.4 Å². The van der Waals surface area contributed by atoms with Gasteiger partial charge in [0.05, 0.1) is 12.0 Å². The van der Waals surface area contributed by atoms with Gasteiger partial charge in [-0.25, -0.2) is 9.18 Å². The predicted molar refractivity (Wildman–Crippen MR) is 160 cm³/mol. The van der Waals surface area contributed by atoms with Crippen LogP contribution in [0.2, 0.25) is 0 Å². The SMILES string of the molecule is COc1ccc2c(Oc3ccc(OCCN4CCN(C(=O)OC(C)(C)C)CC4)cc3)c(-c3ccc(F)cc3)sc2c1. The van der Waals surface area contributed by atoms with E-state index in [2.05, 4.69) is 4.90 Å². The molecule has 0 N–H and O–H groups in total. The number of amides is 1. The lowest BCUT2D eigenvalue weighted by Gasteiger charge is -2.35. The minimum Gasteiger partial charge on any atom is -0.497 e. The van der Waals surface area contributed by atoms with Gasteiger partial charge >= 0.3 is 6.09 Å². The molecule has 0 radical (unpaired) electrons. The Bertz CT molecular complexity index is 1470. The summed E-state index contributed by atoms with van der Waals surface area (Å²) in [5.74, 6) is 2.64. The second-order valence-electron chi connectivity index (χ2n) is 10.9. The highest BCUT2D eigenvalue weighted by atomic mass is 32.1. The van der Waals surface area contributed by atoms with Crippen LogP contribution in [0.15, 0.2) is 66.7 Å². The average molecular weight is 579 g/mol. The van der Waals surface area contributed by atoms with E-state index in [4.69, 9.17) is 18.9 Å². The van der Waals surface area contributed by atoms with Gasteiger partial charge in [-0.3, -0.25) is 4.90 Å². The summed E-state index contributed by atoms with van der Waals surface area (Å²) in [5.41, 5.74) is 0.396. The Balaban J connectivity index is 1.19. The van der Waals surface area contributed by atoms with Gasteiger partial charge in [-0.15, -0.1) is 11.3 Å². The molecule has 5 rings (SSSR count). The van der Waals surface area contributed by atoms with Crippen LogP contribution >= 0.6 is 11.3 Å². The summed E-state index contributed by atoms with van der Waals surface area (Å²) in [5, 5.41) is 0.960. The van der Waals surface area contributed by atoms with Crippen LogP contribution in [0.5, 0.6) is 23.0 Å². The van der Waals surface area contributed by atoms with Gasteiger partial charge in [0.1, 0.15) is 35.3 Å². The van der Waals surface area contributed by atoms with E-state index >= 15 is 0 Å². The highest BCUT2D eigenvalue weighted by molar-refractivity contribution is 7.22. The summed E-state index contributed by atoms with van der Waals surface area (Å²) in [4.78, 5) is 17.2. The summed E-state index contributed by atoms with van der Waals surface area (Å²) < 4.78 is 37.9. The zero-order valence-electron chi connectivity index (χ0n) is 23.8. The maximum Gasteiger partial charge on any atom is 0.410 e. The van der Waals surface area contributed by atoms with E-state index in [-0.39, 0.29) is 11.9 Å². The molecule has 3 aromatic carbocycles. The molecule has 216 valence electrons. The number of benzene rings is 3. The van der Waals surface area contributed by atoms with Crippen molar-refractivity contribution < 1.29 is 28.1 Å². The summed E-state index contributed by atoms with van der Waals surface area (Å²) in [7, 11) is 1.64. The molecular weight excluding hydrogens is 543 g/mol. The molecule has 1 aliphatic heterocycles. The number of hydrogen-bond donors (Lipinski definition) is 0. The molecule has 41 heavy (non-hydrogen) atoms. The van der Waals surface area contributed by atoms with E-state index in [0.717, 1.165) is 57.4 Å². The van der Waals surface area contributed by atoms with Gasteiger partial charge in [-0.05, 0) is 80.9 Å². The number of hydrogen-bond acceptors (Lipinski definition) is 7. The van der Waals surface area contributed by atoms with Crippen molar-refractivity contribution in [3.05, 3.63) is 72.5 Å². The minimum atomic E-state index is -0.487. The van der Waals surface area contributed by atoms with Crippen molar-refractivity contribution in [1.29, 1.82) is 0 Å². The first-order chi connectivity index (χ1) is 19.7. The van der Waals surface area contributed by atoms with Gasteiger partial charge in [0.2, 0.25) is 0 Å². The summed E-state index contributed by atoms with van der Waals surface area (Å²) in [6.07, 6.45) is -0.254. The lowest BCUT2D eigenvalue weighted by molar-refractivity contribution is 0.0137. The Labute approximate surface area is 244 Å². The predicted octanol–water partition coefficient (Wildman–Crippen LogP) is 7.44. The number of fused-ring (bicyclic) bond motifs is 1. The van der Waals surface area contributed by atoms with Crippen molar-refractivity contribution in [2.75, 3.05) is 46.4 Å². The smallest absolute Gasteiger partial charge is 0.410 e. The number of nitrogens with zero attached hydrogens (tertiary/aromatic N) is 2. The monoisotopic (exact) mass is 578 g/mol. The topological polar surface area (TPSA) is 60.5 Å². The molecule has 1 fully saturated rings. The molecule has 0 unspecified atom stereocenters. The Morgan fingerprint density at radius 3 is 2.22 bits per heavy atom. The van der Waals surface area contributed by atoms with Gasteiger partial charge < -0.3 is 23.8 Å². The molecule has 1 saturated heterocycles. The first-order valence-electron chi connectivity index (χ1n) is 13.7. The molecule has 9 heteroatoms. The quantitative estimate of drug-likeness (QED) is 0.217.